The Labute approximate surface area is 208 Å². The maximum absolute atomic E-state index is 13.4. The van der Waals surface area contributed by atoms with Crippen molar-refractivity contribution < 1.29 is 13.6 Å². The molecule has 0 atom stereocenters. The number of halogens is 1. The molecule has 0 radical (unpaired) electrons. The van der Waals surface area contributed by atoms with Crippen LogP contribution in [0.2, 0.25) is 5.02 Å². The summed E-state index contributed by atoms with van der Waals surface area (Å²) in [5.41, 5.74) is 2.32. The van der Waals surface area contributed by atoms with Crippen LogP contribution in [0.4, 0.5) is 11.1 Å². The summed E-state index contributed by atoms with van der Waals surface area (Å²) in [6.45, 7) is 1.89. The van der Waals surface area contributed by atoms with E-state index in [4.69, 9.17) is 30.4 Å². The summed E-state index contributed by atoms with van der Waals surface area (Å²) in [5.74, 6) is 0.195. The number of pyridine rings is 1. The van der Waals surface area contributed by atoms with Crippen molar-refractivity contribution in [1.82, 2.24) is 20.2 Å². The summed E-state index contributed by atoms with van der Waals surface area (Å²) in [5, 5.41) is 12.0. The van der Waals surface area contributed by atoms with Gasteiger partial charge >= 0.3 is 6.01 Å². The number of furan rings is 1. The summed E-state index contributed by atoms with van der Waals surface area (Å²) in [7, 11) is 0. The largest absolute Gasteiger partial charge is 0.459 e. The van der Waals surface area contributed by atoms with Crippen LogP contribution in [0.3, 0.4) is 0 Å². The first-order valence-electron chi connectivity index (χ1n) is 11.2. The summed E-state index contributed by atoms with van der Waals surface area (Å²) in [4.78, 5) is 25.2. The van der Waals surface area contributed by atoms with Crippen molar-refractivity contribution in [2.24, 2.45) is 0 Å². The Balaban J connectivity index is 1.39. The van der Waals surface area contributed by atoms with Gasteiger partial charge in [-0.3, -0.25) is 10.1 Å². The average molecular weight is 507 g/mol. The first-order chi connectivity index (χ1) is 17.1. The van der Waals surface area contributed by atoms with Gasteiger partial charge in [0, 0.05) is 23.7 Å². The molecule has 1 N–H and O–H groups in total. The van der Waals surface area contributed by atoms with Crippen LogP contribution in [0, 0.1) is 0 Å². The number of benzene rings is 1. The van der Waals surface area contributed by atoms with E-state index < -0.39 is 5.91 Å². The molecular formula is C24H19ClN6O3S. The minimum absolute atomic E-state index is 0.0311. The molecule has 1 aliphatic rings. The first kappa shape index (κ1) is 21.8. The van der Waals surface area contributed by atoms with Gasteiger partial charge in [0.25, 0.3) is 11.8 Å². The molecule has 1 fully saturated rings. The molecule has 9 nitrogen and oxygen atoms in total. The van der Waals surface area contributed by atoms with Crippen LogP contribution < -0.4 is 10.2 Å². The van der Waals surface area contributed by atoms with Gasteiger partial charge in [-0.05, 0) is 49.6 Å². The highest BCUT2D eigenvalue weighted by Crippen LogP contribution is 2.35. The molecule has 176 valence electrons. The summed E-state index contributed by atoms with van der Waals surface area (Å²) >= 11 is 7.67. The molecule has 5 aromatic rings. The lowest BCUT2D eigenvalue weighted by Gasteiger charge is -2.25. The highest BCUT2D eigenvalue weighted by molar-refractivity contribution is 7.22. The predicted molar refractivity (Wildman–Crippen MR) is 134 cm³/mol. The third-order valence-electron chi connectivity index (χ3n) is 5.72. The Kier molecular flexibility index (Phi) is 5.67. The van der Waals surface area contributed by atoms with E-state index >= 15 is 0 Å². The van der Waals surface area contributed by atoms with Crippen molar-refractivity contribution in [2.75, 3.05) is 23.3 Å². The lowest BCUT2D eigenvalue weighted by molar-refractivity contribution is 0.102. The Morgan fingerprint density at radius 2 is 1.94 bits per heavy atom. The summed E-state index contributed by atoms with van der Waals surface area (Å²) in [6.07, 6.45) is 4.97. The van der Waals surface area contributed by atoms with Gasteiger partial charge in [0.2, 0.25) is 0 Å². The number of fused-ring (bicyclic) bond motifs is 1. The molecule has 0 saturated carbocycles. The molecule has 0 unspecified atom stereocenters. The van der Waals surface area contributed by atoms with E-state index in [0.717, 1.165) is 36.6 Å². The van der Waals surface area contributed by atoms with Crippen LogP contribution in [0.1, 0.15) is 29.6 Å². The van der Waals surface area contributed by atoms with E-state index in [1.165, 1.54) is 24.0 Å². The van der Waals surface area contributed by atoms with Gasteiger partial charge in [0.1, 0.15) is 0 Å². The number of piperidine rings is 1. The first-order valence-corrected chi connectivity index (χ1v) is 12.3. The number of amides is 1. The number of nitrogens with zero attached hydrogens (tertiary/aromatic N) is 5. The van der Waals surface area contributed by atoms with Gasteiger partial charge in [0.15, 0.2) is 16.5 Å². The normalized spacial score (nSPS) is 13.9. The van der Waals surface area contributed by atoms with Gasteiger partial charge in [-0.25, -0.2) is 4.98 Å². The second-order valence-electron chi connectivity index (χ2n) is 8.11. The van der Waals surface area contributed by atoms with E-state index in [2.05, 4.69) is 20.4 Å². The molecule has 1 saturated heterocycles. The fourth-order valence-corrected chi connectivity index (χ4v) is 5.28. The number of anilines is 2. The van der Waals surface area contributed by atoms with Crippen LogP contribution in [0.15, 0.2) is 57.6 Å². The molecule has 1 amide bonds. The number of carbonyl (C=O) groups is 1. The quantitative estimate of drug-likeness (QED) is 0.314. The second kappa shape index (κ2) is 9.12. The van der Waals surface area contributed by atoms with Crippen molar-refractivity contribution in [2.45, 2.75) is 19.3 Å². The molecule has 5 heterocycles. The SMILES string of the molecule is O=C(Nc1nnc(-c2ccco2)o1)c1cc(-c2cccc(Cl)c2)nc2nc(N3CCCCC3)sc12. The fourth-order valence-electron chi connectivity index (χ4n) is 4.02. The molecule has 4 aromatic heterocycles. The molecule has 6 rings (SSSR count). The predicted octanol–water partition coefficient (Wildman–Crippen LogP) is 5.90. The van der Waals surface area contributed by atoms with E-state index in [1.807, 2.05) is 18.2 Å². The minimum Gasteiger partial charge on any atom is -0.459 e. The van der Waals surface area contributed by atoms with Crippen molar-refractivity contribution in [3.63, 3.8) is 0 Å². The van der Waals surface area contributed by atoms with Crippen LogP contribution in [0.25, 0.3) is 33.3 Å². The lowest BCUT2D eigenvalue weighted by Crippen LogP contribution is -2.29. The van der Waals surface area contributed by atoms with E-state index in [0.29, 0.717) is 32.4 Å². The van der Waals surface area contributed by atoms with Crippen LogP contribution in [-0.4, -0.2) is 39.2 Å². The van der Waals surface area contributed by atoms with Crippen molar-refractivity contribution in [1.29, 1.82) is 0 Å². The zero-order valence-electron chi connectivity index (χ0n) is 18.4. The molecule has 11 heteroatoms. The van der Waals surface area contributed by atoms with Crippen LogP contribution in [0.5, 0.6) is 0 Å². The van der Waals surface area contributed by atoms with E-state index in [-0.39, 0.29) is 11.9 Å². The zero-order chi connectivity index (χ0) is 23.8. The third kappa shape index (κ3) is 4.38. The number of thiazole rings is 1. The number of nitrogens with one attached hydrogen (secondary N) is 1. The highest BCUT2D eigenvalue weighted by atomic mass is 35.5. The van der Waals surface area contributed by atoms with Crippen molar-refractivity contribution >= 4 is 50.3 Å². The maximum Gasteiger partial charge on any atom is 0.322 e. The third-order valence-corrected chi connectivity index (χ3v) is 7.09. The summed E-state index contributed by atoms with van der Waals surface area (Å²) < 4.78 is 11.5. The molecule has 1 aromatic carbocycles. The number of carbonyl (C=O) groups excluding carboxylic acids is 1. The zero-order valence-corrected chi connectivity index (χ0v) is 20.0. The number of rotatable bonds is 5. The molecule has 1 aliphatic heterocycles. The van der Waals surface area contributed by atoms with Crippen LogP contribution in [-0.2, 0) is 0 Å². The maximum atomic E-state index is 13.4. The number of aromatic nitrogens is 4. The van der Waals surface area contributed by atoms with Crippen molar-refractivity contribution in [3.05, 3.63) is 59.3 Å². The fraction of sp³-hybridized carbons (Fsp3) is 0.208. The van der Waals surface area contributed by atoms with Gasteiger partial charge < -0.3 is 13.7 Å². The Morgan fingerprint density at radius 3 is 2.74 bits per heavy atom. The Morgan fingerprint density at radius 1 is 1.06 bits per heavy atom. The summed E-state index contributed by atoms with van der Waals surface area (Å²) in [6, 6.07) is 12.5. The van der Waals surface area contributed by atoms with Gasteiger partial charge in [-0.2, -0.15) is 4.98 Å². The van der Waals surface area contributed by atoms with Crippen LogP contribution >= 0.6 is 22.9 Å². The molecular weight excluding hydrogens is 488 g/mol. The number of hydrogen-bond acceptors (Lipinski definition) is 9. The van der Waals surface area contributed by atoms with Gasteiger partial charge in [-0.1, -0.05) is 40.2 Å². The van der Waals surface area contributed by atoms with E-state index in [9.17, 15) is 4.79 Å². The average Bonchev–Trinajstić information content (AvgIpc) is 3.64. The molecule has 0 bridgehead atoms. The smallest absolute Gasteiger partial charge is 0.322 e. The second-order valence-corrected chi connectivity index (χ2v) is 9.52. The Hall–Kier alpha value is -3.76. The lowest BCUT2D eigenvalue weighted by atomic mass is 10.1. The highest BCUT2D eigenvalue weighted by Gasteiger charge is 2.23. The number of hydrogen-bond donors (Lipinski definition) is 1. The Bertz CT molecular complexity index is 1510. The molecule has 0 spiro atoms. The standard InChI is InChI=1S/C24H19ClN6O3S/c25-15-7-4-6-14(12-15)17-13-16(19-20(26-17)27-24(35-19)31-9-2-1-3-10-31)21(32)28-23-30-29-22(34-23)18-8-5-11-33-18/h4-8,11-13H,1-3,9-10H2,(H,28,30,32). The monoisotopic (exact) mass is 506 g/mol. The molecule has 35 heavy (non-hydrogen) atoms. The topological polar surface area (TPSA) is 110 Å². The minimum atomic E-state index is -0.399. The van der Waals surface area contributed by atoms with Crippen molar-refractivity contribution in [3.8, 4) is 22.9 Å². The van der Waals surface area contributed by atoms with Gasteiger partial charge in [0.05, 0.1) is 22.2 Å². The molecule has 0 aliphatic carbocycles. The van der Waals surface area contributed by atoms with E-state index in [1.54, 1.807) is 24.3 Å². The van der Waals surface area contributed by atoms with Gasteiger partial charge in [-0.15, -0.1) is 5.10 Å².